The Morgan fingerprint density at radius 3 is 2.29 bits per heavy atom. The largest absolute Gasteiger partial charge is 0.444 e. The highest BCUT2D eigenvalue weighted by Crippen LogP contribution is 2.26. The quantitative estimate of drug-likeness (QED) is 0.720. The molecule has 0 N–H and O–H groups in total. The molecule has 0 aromatic carbocycles. The van der Waals surface area contributed by atoms with E-state index in [0.29, 0.717) is 19.0 Å². The first kappa shape index (κ1) is 18.5. The van der Waals surface area contributed by atoms with Gasteiger partial charge in [-0.1, -0.05) is 0 Å². The Morgan fingerprint density at radius 1 is 1.24 bits per heavy atom. The topological polar surface area (TPSA) is 29.5 Å². The Labute approximate surface area is 128 Å². The molecule has 0 bridgehead atoms. The summed E-state index contributed by atoms with van der Waals surface area (Å²) < 4.78 is 41.4. The van der Waals surface area contributed by atoms with Crippen LogP contribution in [0.15, 0.2) is 0 Å². The first-order valence-corrected chi connectivity index (χ1v) is 8.35. The van der Waals surface area contributed by atoms with Crippen molar-refractivity contribution in [3.8, 4) is 0 Å². The van der Waals surface area contributed by atoms with Crippen LogP contribution < -0.4 is 0 Å². The molecule has 1 amide bonds. The molecule has 0 aromatic rings. The van der Waals surface area contributed by atoms with Crippen molar-refractivity contribution in [2.75, 3.05) is 24.6 Å². The van der Waals surface area contributed by atoms with E-state index in [1.807, 2.05) is 20.8 Å². The fourth-order valence-electron chi connectivity index (χ4n) is 2.05. The third kappa shape index (κ3) is 8.44. The Morgan fingerprint density at radius 2 is 1.81 bits per heavy atom. The highest BCUT2D eigenvalue weighted by atomic mass is 32.2. The monoisotopic (exact) mass is 327 g/mol. The molecule has 124 valence electrons. The molecular formula is C14H24F3NO2S. The number of thioether (sulfide) groups is 1. The third-order valence-electron chi connectivity index (χ3n) is 3.15. The van der Waals surface area contributed by atoms with Gasteiger partial charge in [0.25, 0.3) is 0 Å². The summed E-state index contributed by atoms with van der Waals surface area (Å²) in [5, 5.41) is 0. The predicted octanol–water partition coefficient (Wildman–Crippen LogP) is 4.32. The molecule has 0 aliphatic carbocycles. The zero-order valence-corrected chi connectivity index (χ0v) is 13.6. The molecule has 0 atom stereocenters. The average molecular weight is 327 g/mol. The Balaban J connectivity index is 2.19. The maximum Gasteiger partial charge on any atom is 0.410 e. The number of alkyl halides is 3. The fourth-order valence-corrected chi connectivity index (χ4v) is 3.26. The number of carbonyl (C=O) groups excluding carboxylic acids is 1. The molecule has 1 aliphatic heterocycles. The number of halogens is 3. The fraction of sp³-hybridized carbons (Fsp3) is 0.929. The van der Waals surface area contributed by atoms with Crippen molar-refractivity contribution >= 4 is 17.9 Å². The number of ether oxygens (including phenoxy) is 1. The minimum absolute atomic E-state index is 0.121. The van der Waals surface area contributed by atoms with Gasteiger partial charge in [0, 0.05) is 18.8 Å². The minimum Gasteiger partial charge on any atom is -0.444 e. The van der Waals surface area contributed by atoms with Crippen LogP contribution >= 0.6 is 11.8 Å². The van der Waals surface area contributed by atoms with E-state index in [-0.39, 0.29) is 11.8 Å². The van der Waals surface area contributed by atoms with Gasteiger partial charge >= 0.3 is 12.3 Å². The minimum atomic E-state index is -4.06. The van der Waals surface area contributed by atoms with Gasteiger partial charge in [-0.05, 0) is 45.3 Å². The molecule has 0 unspecified atom stereocenters. The summed E-state index contributed by atoms with van der Waals surface area (Å²) in [4.78, 5) is 13.5. The Hall–Kier alpha value is -0.590. The van der Waals surface area contributed by atoms with Crippen molar-refractivity contribution in [3.63, 3.8) is 0 Å². The second kappa shape index (κ2) is 7.61. The Kier molecular flexibility index (Phi) is 6.69. The normalized spacial score (nSPS) is 17.9. The van der Waals surface area contributed by atoms with Gasteiger partial charge < -0.3 is 9.64 Å². The molecule has 0 radical (unpaired) electrons. The van der Waals surface area contributed by atoms with Gasteiger partial charge in [0.2, 0.25) is 0 Å². The number of likely N-dealkylation sites (tertiary alicyclic amines) is 1. The highest BCUT2D eigenvalue weighted by Gasteiger charge is 2.28. The molecule has 7 heteroatoms. The van der Waals surface area contributed by atoms with Crippen molar-refractivity contribution in [3.05, 3.63) is 0 Å². The number of hydrogen-bond acceptors (Lipinski definition) is 3. The summed E-state index contributed by atoms with van der Waals surface area (Å²) in [6, 6.07) is 0. The maximum absolute atomic E-state index is 12.0. The lowest BCUT2D eigenvalue weighted by atomic mass is 9.99. The highest BCUT2D eigenvalue weighted by molar-refractivity contribution is 7.99. The first-order valence-electron chi connectivity index (χ1n) is 7.19. The molecule has 1 rings (SSSR count). The van der Waals surface area contributed by atoms with E-state index in [1.54, 1.807) is 4.90 Å². The van der Waals surface area contributed by atoms with Crippen LogP contribution in [0, 0.1) is 5.92 Å². The van der Waals surface area contributed by atoms with Crippen LogP contribution in [0.5, 0.6) is 0 Å². The van der Waals surface area contributed by atoms with Crippen LogP contribution in [0.1, 0.15) is 40.0 Å². The standard InChI is InChI=1S/C14H24F3NO2S/c1-13(2,3)20-12(19)18-7-4-11(5-8-18)10-21-9-6-14(15,16)17/h11H,4-10H2,1-3H3. The summed E-state index contributed by atoms with van der Waals surface area (Å²) in [6.07, 6.45) is -3.43. The van der Waals surface area contributed by atoms with Crippen LogP contribution in [0.3, 0.4) is 0 Å². The number of hydrogen-bond donors (Lipinski definition) is 0. The van der Waals surface area contributed by atoms with Crippen LogP contribution in [0.25, 0.3) is 0 Å². The molecule has 0 spiro atoms. The van der Waals surface area contributed by atoms with E-state index in [1.165, 1.54) is 11.8 Å². The summed E-state index contributed by atoms with van der Waals surface area (Å²) >= 11 is 1.35. The molecule has 1 saturated heterocycles. The summed E-state index contributed by atoms with van der Waals surface area (Å²) in [5.74, 6) is 1.25. The average Bonchev–Trinajstić information content (AvgIpc) is 2.32. The number of rotatable bonds is 4. The number of piperidine rings is 1. The number of carbonyl (C=O) groups is 1. The second-order valence-corrected chi connectivity index (χ2v) is 7.50. The van der Waals surface area contributed by atoms with E-state index >= 15 is 0 Å². The van der Waals surface area contributed by atoms with Gasteiger partial charge in [-0.2, -0.15) is 24.9 Å². The van der Waals surface area contributed by atoms with Gasteiger partial charge in [-0.25, -0.2) is 4.79 Å². The van der Waals surface area contributed by atoms with Crippen LogP contribution in [0.4, 0.5) is 18.0 Å². The lowest BCUT2D eigenvalue weighted by molar-refractivity contribution is -0.129. The van der Waals surface area contributed by atoms with Crippen molar-refractivity contribution < 1.29 is 22.7 Å². The molecule has 0 saturated carbocycles. The Bertz CT molecular complexity index is 334. The van der Waals surface area contributed by atoms with Crippen molar-refractivity contribution in [1.82, 2.24) is 4.90 Å². The van der Waals surface area contributed by atoms with Crippen LogP contribution in [0.2, 0.25) is 0 Å². The molecular weight excluding hydrogens is 303 g/mol. The lowest BCUT2D eigenvalue weighted by Crippen LogP contribution is -2.42. The van der Waals surface area contributed by atoms with Gasteiger partial charge in [0.15, 0.2) is 0 Å². The zero-order valence-electron chi connectivity index (χ0n) is 12.8. The molecule has 0 aromatic heterocycles. The van der Waals surface area contributed by atoms with Gasteiger partial charge in [-0.15, -0.1) is 0 Å². The SMILES string of the molecule is CC(C)(C)OC(=O)N1CCC(CSCCC(F)(F)F)CC1. The third-order valence-corrected chi connectivity index (χ3v) is 4.35. The smallest absolute Gasteiger partial charge is 0.410 e. The molecule has 1 fully saturated rings. The summed E-state index contributed by atoms with van der Waals surface area (Å²) in [7, 11) is 0. The van der Waals surface area contributed by atoms with E-state index in [9.17, 15) is 18.0 Å². The lowest BCUT2D eigenvalue weighted by Gasteiger charge is -2.33. The number of nitrogens with zero attached hydrogens (tertiary/aromatic N) is 1. The van der Waals surface area contributed by atoms with Crippen LogP contribution in [-0.2, 0) is 4.74 Å². The molecule has 3 nitrogen and oxygen atoms in total. The van der Waals surface area contributed by atoms with E-state index in [2.05, 4.69) is 0 Å². The van der Waals surface area contributed by atoms with Gasteiger partial charge in [0.05, 0.1) is 6.42 Å². The first-order chi connectivity index (χ1) is 9.57. The second-order valence-electron chi connectivity index (χ2n) is 6.35. The van der Waals surface area contributed by atoms with E-state index in [4.69, 9.17) is 4.74 Å². The molecule has 1 aliphatic rings. The van der Waals surface area contributed by atoms with Gasteiger partial charge in [0.1, 0.15) is 5.60 Å². The zero-order chi connectivity index (χ0) is 16.1. The summed E-state index contributed by atoms with van der Waals surface area (Å²) in [5.41, 5.74) is -0.499. The molecule has 1 heterocycles. The maximum atomic E-state index is 12.0. The predicted molar refractivity (Wildman–Crippen MR) is 78.5 cm³/mol. The van der Waals surface area contributed by atoms with Crippen molar-refractivity contribution in [1.29, 1.82) is 0 Å². The number of amides is 1. The van der Waals surface area contributed by atoms with Gasteiger partial charge in [-0.3, -0.25) is 0 Å². The van der Waals surface area contributed by atoms with Crippen molar-refractivity contribution in [2.24, 2.45) is 5.92 Å². The van der Waals surface area contributed by atoms with Crippen molar-refractivity contribution in [2.45, 2.75) is 51.8 Å². The molecule has 21 heavy (non-hydrogen) atoms. The van der Waals surface area contributed by atoms with E-state index < -0.39 is 18.2 Å². The summed E-state index contributed by atoms with van der Waals surface area (Å²) in [6.45, 7) is 6.73. The van der Waals surface area contributed by atoms with Crippen LogP contribution in [-0.4, -0.2) is 47.4 Å². The van der Waals surface area contributed by atoms with E-state index in [0.717, 1.165) is 18.6 Å².